The van der Waals surface area contributed by atoms with Crippen molar-refractivity contribution in [2.24, 2.45) is 5.92 Å². The van der Waals surface area contributed by atoms with Crippen LogP contribution in [0, 0.1) is 5.92 Å². The average Bonchev–Trinajstić information content (AvgIpc) is 2.32. The third-order valence-corrected chi connectivity index (χ3v) is 2.76. The fourth-order valence-electron chi connectivity index (χ4n) is 2.02. The van der Waals surface area contributed by atoms with Crippen LogP contribution in [-0.2, 0) is 4.79 Å². The van der Waals surface area contributed by atoms with Crippen molar-refractivity contribution in [3.63, 3.8) is 0 Å². The second kappa shape index (κ2) is 3.69. The molecule has 1 atom stereocenters. The highest BCUT2D eigenvalue weighted by atomic mass is 16.2. The van der Waals surface area contributed by atoms with E-state index >= 15 is 0 Å². The van der Waals surface area contributed by atoms with Gasteiger partial charge in [-0.1, -0.05) is 13.3 Å². The monoisotopic (exact) mass is 183 g/mol. The van der Waals surface area contributed by atoms with Crippen LogP contribution in [-0.4, -0.2) is 22.9 Å². The third kappa shape index (κ3) is 2.23. The van der Waals surface area contributed by atoms with Gasteiger partial charge in [-0.15, -0.1) is 0 Å². The number of hydrogen-bond donors (Lipinski definition) is 0. The largest absolute Gasteiger partial charge is 0.338 e. The number of nitrogens with zero attached hydrogens (tertiary/aromatic N) is 1. The van der Waals surface area contributed by atoms with E-state index in [2.05, 4.69) is 27.7 Å². The molecule has 1 aliphatic rings. The van der Waals surface area contributed by atoms with Crippen LogP contribution in [0.5, 0.6) is 0 Å². The van der Waals surface area contributed by atoms with Crippen molar-refractivity contribution in [1.29, 1.82) is 0 Å². The Balaban J connectivity index is 2.60. The normalized spacial score (nSPS) is 24.2. The van der Waals surface area contributed by atoms with Crippen molar-refractivity contribution >= 4 is 5.91 Å². The summed E-state index contributed by atoms with van der Waals surface area (Å²) >= 11 is 0. The van der Waals surface area contributed by atoms with E-state index in [4.69, 9.17) is 0 Å². The van der Waals surface area contributed by atoms with Gasteiger partial charge in [0, 0.05) is 18.0 Å². The highest BCUT2D eigenvalue weighted by Gasteiger charge is 2.36. The molecular formula is C11H21NO. The highest BCUT2D eigenvalue weighted by molar-refractivity contribution is 5.81. The molecule has 0 bridgehead atoms. The molecule has 0 saturated carbocycles. The molecule has 0 aromatic carbocycles. The zero-order valence-corrected chi connectivity index (χ0v) is 9.26. The molecule has 0 aliphatic carbocycles. The van der Waals surface area contributed by atoms with Crippen molar-refractivity contribution in [3.05, 3.63) is 0 Å². The lowest BCUT2D eigenvalue weighted by atomic mass is 10.0. The first-order valence-corrected chi connectivity index (χ1v) is 5.28. The van der Waals surface area contributed by atoms with Gasteiger partial charge in [0.05, 0.1) is 0 Å². The first-order chi connectivity index (χ1) is 5.96. The maximum Gasteiger partial charge on any atom is 0.226 e. The molecule has 0 N–H and O–H groups in total. The topological polar surface area (TPSA) is 20.3 Å². The first-order valence-electron chi connectivity index (χ1n) is 5.28. The molecule has 2 heteroatoms. The molecule has 0 spiro atoms. The Labute approximate surface area is 81.3 Å². The van der Waals surface area contributed by atoms with E-state index in [0.29, 0.717) is 11.8 Å². The van der Waals surface area contributed by atoms with E-state index in [9.17, 15) is 4.79 Å². The summed E-state index contributed by atoms with van der Waals surface area (Å²) in [5.41, 5.74) is 0.0135. The van der Waals surface area contributed by atoms with Crippen molar-refractivity contribution in [3.8, 4) is 0 Å². The maximum absolute atomic E-state index is 11.9. The van der Waals surface area contributed by atoms with Crippen LogP contribution in [0.2, 0.25) is 0 Å². The van der Waals surface area contributed by atoms with Gasteiger partial charge >= 0.3 is 0 Å². The summed E-state index contributed by atoms with van der Waals surface area (Å²) in [5, 5.41) is 0. The van der Waals surface area contributed by atoms with Gasteiger partial charge in [-0.3, -0.25) is 4.79 Å². The lowest BCUT2D eigenvalue weighted by Gasteiger charge is -2.32. The minimum Gasteiger partial charge on any atom is -0.338 e. The SMILES string of the molecule is CCCC1CCN(C(C)(C)C)C1=O. The van der Waals surface area contributed by atoms with Gasteiger partial charge in [0.15, 0.2) is 0 Å². The molecule has 1 fully saturated rings. The molecule has 2 nitrogen and oxygen atoms in total. The second-order valence-corrected chi connectivity index (χ2v) is 4.93. The summed E-state index contributed by atoms with van der Waals surface area (Å²) in [6, 6.07) is 0. The van der Waals surface area contributed by atoms with E-state index in [0.717, 1.165) is 25.8 Å². The number of carbonyl (C=O) groups excluding carboxylic acids is 1. The Kier molecular flexibility index (Phi) is 2.99. The van der Waals surface area contributed by atoms with Crippen LogP contribution in [0.1, 0.15) is 47.0 Å². The van der Waals surface area contributed by atoms with E-state index in [1.807, 2.05) is 4.90 Å². The summed E-state index contributed by atoms with van der Waals surface area (Å²) < 4.78 is 0. The fourth-order valence-corrected chi connectivity index (χ4v) is 2.02. The minimum atomic E-state index is 0.0135. The summed E-state index contributed by atoms with van der Waals surface area (Å²) in [6.45, 7) is 9.43. The smallest absolute Gasteiger partial charge is 0.226 e. The van der Waals surface area contributed by atoms with Gasteiger partial charge in [0.25, 0.3) is 0 Å². The molecule has 1 saturated heterocycles. The van der Waals surface area contributed by atoms with Gasteiger partial charge < -0.3 is 4.90 Å². The van der Waals surface area contributed by atoms with Gasteiger partial charge in [-0.2, -0.15) is 0 Å². The molecule has 1 amide bonds. The zero-order valence-electron chi connectivity index (χ0n) is 9.26. The molecule has 0 aromatic heterocycles. The quantitative estimate of drug-likeness (QED) is 0.644. The number of rotatable bonds is 2. The lowest BCUT2D eigenvalue weighted by molar-refractivity contribution is -0.135. The van der Waals surface area contributed by atoms with Crippen LogP contribution >= 0.6 is 0 Å². The second-order valence-electron chi connectivity index (χ2n) is 4.93. The summed E-state index contributed by atoms with van der Waals surface area (Å²) in [7, 11) is 0. The van der Waals surface area contributed by atoms with Gasteiger partial charge in [-0.05, 0) is 33.6 Å². The van der Waals surface area contributed by atoms with Gasteiger partial charge in [0.1, 0.15) is 0 Å². The molecule has 1 aliphatic heterocycles. The molecule has 13 heavy (non-hydrogen) atoms. The van der Waals surface area contributed by atoms with Crippen LogP contribution in [0.3, 0.4) is 0 Å². The van der Waals surface area contributed by atoms with Crippen molar-refractivity contribution in [1.82, 2.24) is 4.90 Å². The zero-order chi connectivity index (χ0) is 10.1. The number of carbonyl (C=O) groups is 1. The maximum atomic E-state index is 11.9. The molecule has 1 unspecified atom stereocenters. The predicted molar refractivity (Wildman–Crippen MR) is 54.5 cm³/mol. The Hall–Kier alpha value is -0.530. The predicted octanol–water partition coefficient (Wildman–Crippen LogP) is 2.43. The number of likely N-dealkylation sites (tertiary alicyclic amines) is 1. The third-order valence-electron chi connectivity index (χ3n) is 2.76. The van der Waals surface area contributed by atoms with Crippen LogP contribution in [0.4, 0.5) is 0 Å². The molecule has 76 valence electrons. The van der Waals surface area contributed by atoms with E-state index in [-0.39, 0.29) is 5.54 Å². The highest BCUT2D eigenvalue weighted by Crippen LogP contribution is 2.28. The number of hydrogen-bond acceptors (Lipinski definition) is 1. The molecule has 0 radical (unpaired) electrons. The minimum absolute atomic E-state index is 0.0135. The summed E-state index contributed by atoms with van der Waals surface area (Å²) in [4.78, 5) is 13.9. The van der Waals surface area contributed by atoms with E-state index in [1.54, 1.807) is 0 Å². The Morgan fingerprint density at radius 2 is 2.08 bits per heavy atom. The summed E-state index contributed by atoms with van der Waals surface area (Å²) in [5.74, 6) is 0.679. The first kappa shape index (κ1) is 10.6. The Bertz CT molecular complexity index is 193. The standard InChI is InChI=1S/C11H21NO/c1-5-6-9-7-8-12(10(9)13)11(2,3)4/h9H,5-8H2,1-4H3. The van der Waals surface area contributed by atoms with Crippen molar-refractivity contribution in [2.45, 2.75) is 52.5 Å². The van der Waals surface area contributed by atoms with Crippen LogP contribution in [0.25, 0.3) is 0 Å². The van der Waals surface area contributed by atoms with Gasteiger partial charge in [0.2, 0.25) is 5.91 Å². The van der Waals surface area contributed by atoms with Crippen molar-refractivity contribution < 1.29 is 4.79 Å². The molecule has 0 aromatic rings. The Morgan fingerprint density at radius 3 is 2.46 bits per heavy atom. The van der Waals surface area contributed by atoms with E-state index in [1.165, 1.54) is 0 Å². The van der Waals surface area contributed by atoms with Gasteiger partial charge in [-0.25, -0.2) is 0 Å². The summed E-state index contributed by atoms with van der Waals surface area (Å²) in [6.07, 6.45) is 3.24. The van der Waals surface area contributed by atoms with Crippen LogP contribution < -0.4 is 0 Å². The Morgan fingerprint density at radius 1 is 1.46 bits per heavy atom. The fraction of sp³-hybridized carbons (Fsp3) is 0.909. The van der Waals surface area contributed by atoms with Crippen molar-refractivity contribution in [2.75, 3.05) is 6.54 Å². The molecule has 1 rings (SSSR count). The lowest BCUT2D eigenvalue weighted by Crippen LogP contribution is -2.43. The molecule has 1 heterocycles. The van der Waals surface area contributed by atoms with E-state index < -0.39 is 0 Å². The number of amides is 1. The average molecular weight is 183 g/mol. The van der Waals surface area contributed by atoms with Crippen LogP contribution in [0.15, 0.2) is 0 Å². The molecular weight excluding hydrogens is 162 g/mol.